The molecule has 7 nitrogen and oxygen atoms in total. The van der Waals surface area contributed by atoms with Gasteiger partial charge in [0, 0.05) is 51.1 Å². The number of aromatic nitrogens is 2. The fourth-order valence-electron chi connectivity index (χ4n) is 3.10. The van der Waals surface area contributed by atoms with Crippen LogP contribution in [0.3, 0.4) is 0 Å². The van der Waals surface area contributed by atoms with Gasteiger partial charge in [0.1, 0.15) is 6.61 Å². The average molecular weight is 399 g/mol. The fraction of sp³-hybridized carbons (Fsp3) is 0.444. The van der Waals surface area contributed by atoms with E-state index in [-0.39, 0.29) is 42.5 Å². The molecule has 148 valence electrons. The van der Waals surface area contributed by atoms with Crippen molar-refractivity contribution in [1.82, 2.24) is 15.1 Å². The molecule has 0 saturated carbocycles. The molecule has 0 unspecified atom stereocenters. The zero-order valence-electron chi connectivity index (χ0n) is 15.3. The first-order chi connectivity index (χ1) is 12.6. The highest BCUT2D eigenvalue weighted by Gasteiger charge is 2.34. The molecule has 27 heavy (non-hydrogen) atoms. The van der Waals surface area contributed by atoms with Crippen LogP contribution in [0.25, 0.3) is 0 Å². The monoisotopic (exact) mass is 398 g/mol. The number of nitrogens with one attached hydrogen (secondary N) is 2. The van der Waals surface area contributed by atoms with Crippen LogP contribution < -0.4 is 15.4 Å². The molecule has 2 aromatic rings. The van der Waals surface area contributed by atoms with Gasteiger partial charge < -0.3 is 20.1 Å². The molecule has 1 saturated heterocycles. The topological polar surface area (TPSA) is 77.4 Å². The van der Waals surface area contributed by atoms with Crippen LogP contribution >= 0.6 is 12.4 Å². The quantitative estimate of drug-likeness (QED) is 0.697. The van der Waals surface area contributed by atoms with Crippen molar-refractivity contribution in [2.45, 2.75) is 5.92 Å². The van der Waals surface area contributed by atoms with E-state index < -0.39 is 5.82 Å². The van der Waals surface area contributed by atoms with Gasteiger partial charge in [0.05, 0.1) is 18.7 Å². The molecule has 1 aliphatic heterocycles. The molecule has 0 spiro atoms. The number of carbonyl (C=O) groups is 1. The second-order valence-corrected chi connectivity index (χ2v) is 6.29. The van der Waals surface area contributed by atoms with Gasteiger partial charge in [-0.3, -0.25) is 9.48 Å². The summed E-state index contributed by atoms with van der Waals surface area (Å²) in [6.07, 6.45) is 3.70. The van der Waals surface area contributed by atoms with Crippen molar-refractivity contribution < 1.29 is 18.7 Å². The normalized spacial score (nSPS) is 18.8. The lowest BCUT2D eigenvalue weighted by Gasteiger charge is -2.17. The number of aryl methyl sites for hydroxylation is 1. The Bertz CT molecular complexity index is 771. The third kappa shape index (κ3) is 5.18. The Kier molecular flexibility index (Phi) is 7.58. The van der Waals surface area contributed by atoms with Crippen molar-refractivity contribution in [2.75, 3.05) is 38.7 Å². The molecule has 0 aliphatic carbocycles. The van der Waals surface area contributed by atoms with E-state index in [1.165, 1.54) is 12.1 Å². The van der Waals surface area contributed by atoms with Crippen LogP contribution in [0.15, 0.2) is 30.6 Å². The highest BCUT2D eigenvalue weighted by atomic mass is 35.5. The SMILES string of the molecule is COCCOc1ccc(NC(=O)[C@H]2CNC[C@@H]2c2cnn(C)c2)cc1F.Cl. The summed E-state index contributed by atoms with van der Waals surface area (Å²) in [5, 5.41) is 10.2. The minimum absolute atomic E-state index is 0. The predicted molar refractivity (Wildman–Crippen MR) is 102 cm³/mol. The van der Waals surface area contributed by atoms with Crippen LogP contribution in [-0.4, -0.2) is 49.1 Å². The molecule has 3 rings (SSSR count). The van der Waals surface area contributed by atoms with Crippen LogP contribution in [0.1, 0.15) is 11.5 Å². The summed E-state index contributed by atoms with van der Waals surface area (Å²) < 4.78 is 26.0. The molecule has 1 aromatic carbocycles. The van der Waals surface area contributed by atoms with Gasteiger partial charge in [-0.25, -0.2) is 4.39 Å². The Balaban J connectivity index is 0.00000261. The van der Waals surface area contributed by atoms with Gasteiger partial charge in [-0.1, -0.05) is 0 Å². The first-order valence-corrected chi connectivity index (χ1v) is 8.50. The van der Waals surface area contributed by atoms with Gasteiger partial charge in [0.25, 0.3) is 0 Å². The molecule has 2 atom stereocenters. The number of hydrogen-bond donors (Lipinski definition) is 2. The molecule has 9 heteroatoms. The number of carbonyl (C=O) groups excluding carboxylic acids is 1. The van der Waals surface area contributed by atoms with Crippen molar-refractivity contribution in [3.05, 3.63) is 42.0 Å². The summed E-state index contributed by atoms with van der Waals surface area (Å²) in [5.74, 6) is -0.718. The summed E-state index contributed by atoms with van der Waals surface area (Å²) >= 11 is 0. The van der Waals surface area contributed by atoms with Crippen molar-refractivity contribution in [3.8, 4) is 5.75 Å². The van der Waals surface area contributed by atoms with Gasteiger partial charge in [-0.2, -0.15) is 5.10 Å². The van der Waals surface area contributed by atoms with Gasteiger partial charge in [-0.15, -0.1) is 12.4 Å². The molecule has 1 amide bonds. The predicted octanol–water partition coefficient (Wildman–Crippen LogP) is 1.95. The fourth-order valence-corrected chi connectivity index (χ4v) is 3.10. The molecule has 0 bridgehead atoms. The zero-order valence-corrected chi connectivity index (χ0v) is 16.1. The largest absolute Gasteiger partial charge is 0.488 e. The van der Waals surface area contributed by atoms with E-state index in [9.17, 15) is 9.18 Å². The first kappa shape index (κ1) is 21.1. The molecule has 2 N–H and O–H groups in total. The van der Waals surface area contributed by atoms with Crippen LogP contribution in [0, 0.1) is 11.7 Å². The third-order valence-corrected chi connectivity index (χ3v) is 4.45. The van der Waals surface area contributed by atoms with E-state index >= 15 is 0 Å². The maximum Gasteiger partial charge on any atom is 0.229 e. The molecule has 1 aromatic heterocycles. The molecular weight excluding hydrogens is 375 g/mol. The Hall–Kier alpha value is -2.16. The Morgan fingerprint density at radius 2 is 2.22 bits per heavy atom. The second-order valence-electron chi connectivity index (χ2n) is 6.29. The zero-order chi connectivity index (χ0) is 18.5. The smallest absolute Gasteiger partial charge is 0.229 e. The highest BCUT2D eigenvalue weighted by Crippen LogP contribution is 2.29. The van der Waals surface area contributed by atoms with Crippen molar-refractivity contribution >= 4 is 24.0 Å². The Labute approximate surface area is 163 Å². The van der Waals surface area contributed by atoms with E-state index in [1.807, 2.05) is 13.2 Å². The summed E-state index contributed by atoms with van der Waals surface area (Å²) in [6.45, 7) is 1.93. The van der Waals surface area contributed by atoms with E-state index in [0.29, 0.717) is 25.4 Å². The summed E-state index contributed by atoms with van der Waals surface area (Å²) in [7, 11) is 3.40. The Morgan fingerprint density at radius 3 is 2.89 bits per heavy atom. The number of nitrogens with zero attached hydrogens (tertiary/aromatic N) is 2. The minimum Gasteiger partial charge on any atom is -0.488 e. The summed E-state index contributed by atoms with van der Waals surface area (Å²) in [4.78, 5) is 12.7. The third-order valence-electron chi connectivity index (χ3n) is 4.45. The van der Waals surface area contributed by atoms with E-state index in [0.717, 1.165) is 5.56 Å². The van der Waals surface area contributed by atoms with Crippen molar-refractivity contribution in [2.24, 2.45) is 13.0 Å². The van der Waals surface area contributed by atoms with Crippen LogP contribution in [-0.2, 0) is 16.6 Å². The van der Waals surface area contributed by atoms with Gasteiger partial charge in [-0.05, 0) is 17.7 Å². The molecule has 0 radical (unpaired) electrons. The number of rotatable bonds is 7. The van der Waals surface area contributed by atoms with Crippen LogP contribution in [0.5, 0.6) is 5.75 Å². The minimum atomic E-state index is -0.521. The number of amides is 1. The van der Waals surface area contributed by atoms with E-state index in [4.69, 9.17) is 9.47 Å². The lowest BCUT2D eigenvalue weighted by molar-refractivity contribution is -0.119. The van der Waals surface area contributed by atoms with Crippen molar-refractivity contribution in [1.29, 1.82) is 0 Å². The maximum absolute atomic E-state index is 14.1. The summed E-state index contributed by atoms with van der Waals surface area (Å²) in [5.41, 5.74) is 1.43. The van der Waals surface area contributed by atoms with Crippen molar-refractivity contribution in [3.63, 3.8) is 0 Å². The number of hydrogen-bond acceptors (Lipinski definition) is 5. The molecule has 1 aliphatic rings. The molecule has 1 fully saturated rings. The van der Waals surface area contributed by atoms with E-state index in [2.05, 4.69) is 15.7 Å². The standard InChI is InChI=1S/C18H23FN4O3.ClH/c1-23-11-12(8-21-23)14-9-20-10-15(14)18(24)22-13-3-4-17(16(19)7-13)26-6-5-25-2;/h3-4,7-8,11,14-15,20H,5-6,9-10H2,1-2H3,(H,22,24);1H/t14-,15+;/m1./s1. The number of anilines is 1. The van der Waals surface area contributed by atoms with Gasteiger partial charge >= 0.3 is 0 Å². The Morgan fingerprint density at radius 1 is 1.41 bits per heavy atom. The lowest BCUT2D eigenvalue weighted by atomic mass is 9.90. The van der Waals surface area contributed by atoms with E-state index in [1.54, 1.807) is 24.1 Å². The molecule has 2 heterocycles. The average Bonchev–Trinajstić information content (AvgIpc) is 3.25. The number of halogens is 2. The van der Waals surface area contributed by atoms with Gasteiger partial charge in [0.2, 0.25) is 5.91 Å². The summed E-state index contributed by atoms with van der Waals surface area (Å²) in [6, 6.07) is 4.40. The van der Waals surface area contributed by atoms with Crippen LogP contribution in [0.4, 0.5) is 10.1 Å². The number of ether oxygens (including phenoxy) is 2. The number of methoxy groups -OCH3 is 1. The maximum atomic E-state index is 14.1. The highest BCUT2D eigenvalue weighted by molar-refractivity contribution is 5.93. The second kappa shape index (κ2) is 9.68. The number of benzene rings is 1. The lowest BCUT2D eigenvalue weighted by Crippen LogP contribution is -2.28. The van der Waals surface area contributed by atoms with Crippen LogP contribution in [0.2, 0.25) is 0 Å². The van der Waals surface area contributed by atoms with Gasteiger partial charge in [0.15, 0.2) is 11.6 Å². The molecular formula is C18H24ClFN4O3. The first-order valence-electron chi connectivity index (χ1n) is 8.50.